The Morgan fingerprint density at radius 3 is 3.00 bits per heavy atom. The minimum atomic E-state index is 0.0755. The van der Waals surface area contributed by atoms with Crippen LogP contribution in [0.4, 0.5) is 0 Å². The summed E-state index contributed by atoms with van der Waals surface area (Å²) in [6, 6.07) is 10.4. The van der Waals surface area contributed by atoms with E-state index in [9.17, 15) is 0 Å². The van der Waals surface area contributed by atoms with Crippen LogP contribution in [0, 0.1) is 17.2 Å². The van der Waals surface area contributed by atoms with Gasteiger partial charge in [0.1, 0.15) is 0 Å². The summed E-state index contributed by atoms with van der Waals surface area (Å²) in [5.41, 5.74) is 2.10. The Morgan fingerprint density at radius 1 is 1.50 bits per heavy atom. The lowest BCUT2D eigenvalue weighted by molar-refractivity contribution is 0.636. The molecule has 92 valence electrons. The Morgan fingerprint density at radius 2 is 2.33 bits per heavy atom. The van der Waals surface area contributed by atoms with Crippen molar-refractivity contribution in [2.75, 3.05) is 0 Å². The molecule has 0 N–H and O–H groups in total. The van der Waals surface area contributed by atoms with Gasteiger partial charge in [0, 0.05) is 21.8 Å². The Kier molecular flexibility index (Phi) is 4.51. The maximum atomic E-state index is 8.97. The topological polar surface area (TPSA) is 36.7 Å². The zero-order valence-electron chi connectivity index (χ0n) is 10.1. The normalized spacial score (nSPS) is 12.1. The third-order valence-corrected chi connectivity index (χ3v) is 4.13. The third-order valence-electron chi connectivity index (χ3n) is 2.77. The Hall–Kier alpha value is -1.18. The molecule has 0 aliphatic carbocycles. The van der Waals surface area contributed by atoms with Gasteiger partial charge in [0.15, 0.2) is 0 Å². The largest absolute Gasteiger partial charge is 0.241 e. The minimum absolute atomic E-state index is 0.0755. The molecule has 2 nitrogen and oxygen atoms in total. The van der Waals surface area contributed by atoms with E-state index in [2.05, 4.69) is 38.4 Å². The fraction of sp³-hybridized carbons (Fsp3) is 0.286. The summed E-state index contributed by atoms with van der Waals surface area (Å²) in [4.78, 5) is 4.60. The predicted octanol–water partition coefficient (Wildman–Crippen LogP) is 4.66. The number of halogens is 1. The lowest BCUT2D eigenvalue weighted by atomic mass is 10.1. The molecule has 0 aliphatic heterocycles. The highest BCUT2D eigenvalue weighted by Crippen LogP contribution is 2.26. The van der Waals surface area contributed by atoms with Crippen molar-refractivity contribution >= 4 is 27.3 Å². The fourth-order valence-electron chi connectivity index (χ4n) is 1.68. The summed E-state index contributed by atoms with van der Waals surface area (Å²) >= 11 is 5.09. The van der Waals surface area contributed by atoms with Gasteiger partial charge in [-0.3, -0.25) is 0 Å². The predicted molar refractivity (Wildman–Crippen MR) is 78.3 cm³/mol. The molecule has 2 rings (SSSR count). The molecule has 0 saturated heterocycles. The molecule has 1 unspecified atom stereocenters. The molecule has 1 atom stereocenters. The molecule has 2 aromatic rings. The first-order chi connectivity index (χ1) is 8.72. The molecule has 1 aromatic carbocycles. The van der Waals surface area contributed by atoms with Crippen LogP contribution < -0.4 is 0 Å². The van der Waals surface area contributed by atoms with E-state index in [0.29, 0.717) is 0 Å². The van der Waals surface area contributed by atoms with Crippen molar-refractivity contribution < 1.29 is 0 Å². The maximum absolute atomic E-state index is 8.97. The lowest BCUT2D eigenvalue weighted by Crippen LogP contribution is -1.99. The molecule has 0 fully saturated rings. The summed E-state index contributed by atoms with van der Waals surface area (Å²) in [6.07, 6.45) is 1.63. The van der Waals surface area contributed by atoms with Crippen LogP contribution in [0.3, 0.4) is 0 Å². The van der Waals surface area contributed by atoms with Crippen molar-refractivity contribution in [2.45, 2.75) is 19.8 Å². The molecule has 0 amide bonds. The van der Waals surface area contributed by atoms with Crippen LogP contribution in [0.2, 0.25) is 0 Å². The van der Waals surface area contributed by atoms with Crippen LogP contribution in [0.5, 0.6) is 0 Å². The summed E-state index contributed by atoms with van der Waals surface area (Å²) in [5.74, 6) is 0.0755. The summed E-state index contributed by atoms with van der Waals surface area (Å²) in [5, 5.41) is 12.1. The number of nitriles is 1. The van der Waals surface area contributed by atoms with Crippen molar-refractivity contribution in [1.29, 1.82) is 5.26 Å². The van der Waals surface area contributed by atoms with E-state index < -0.39 is 0 Å². The van der Waals surface area contributed by atoms with Crippen LogP contribution in [0.1, 0.15) is 18.4 Å². The summed E-state index contributed by atoms with van der Waals surface area (Å²) in [6.45, 7) is 2.04. The second kappa shape index (κ2) is 6.12. The van der Waals surface area contributed by atoms with Gasteiger partial charge in [0.05, 0.1) is 22.7 Å². The number of nitrogens with zero attached hydrogens (tertiary/aromatic N) is 2. The first kappa shape index (κ1) is 13.3. The zero-order valence-corrected chi connectivity index (χ0v) is 12.5. The Bertz CT molecular complexity index is 571. The molecular weight excluding hydrogens is 308 g/mol. The second-order valence-electron chi connectivity index (χ2n) is 4.08. The van der Waals surface area contributed by atoms with Crippen LogP contribution in [0.15, 0.2) is 34.1 Å². The fourth-order valence-corrected chi connectivity index (χ4v) is 2.96. The Balaban J connectivity index is 2.18. The van der Waals surface area contributed by atoms with E-state index >= 15 is 0 Å². The monoisotopic (exact) mass is 320 g/mol. The van der Waals surface area contributed by atoms with Gasteiger partial charge in [-0.15, -0.1) is 11.3 Å². The zero-order chi connectivity index (χ0) is 13.0. The van der Waals surface area contributed by atoms with E-state index in [1.807, 2.05) is 25.1 Å². The van der Waals surface area contributed by atoms with E-state index in [-0.39, 0.29) is 5.92 Å². The van der Waals surface area contributed by atoms with Gasteiger partial charge in [-0.25, -0.2) is 4.98 Å². The van der Waals surface area contributed by atoms with Crippen molar-refractivity contribution in [1.82, 2.24) is 4.98 Å². The van der Waals surface area contributed by atoms with Gasteiger partial charge in [-0.05, 0) is 18.6 Å². The van der Waals surface area contributed by atoms with Crippen molar-refractivity contribution in [3.63, 3.8) is 0 Å². The molecule has 1 aromatic heterocycles. The average Bonchev–Trinajstić information content (AvgIpc) is 2.84. The lowest BCUT2D eigenvalue weighted by Gasteiger charge is -2.01. The van der Waals surface area contributed by atoms with E-state index in [1.165, 1.54) is 0 Å². The van der Waals surface area contributed by atoms with Crippen molar-refractivity contribution in [3.8, 4) is 17.3 Å². The van der Waals surface area contributed by atoms with Gasteiger partial charge < -0.3 is 0 Å². The molecule has 18 heavy (non-hydrogen) atoms. The van der Waals surface area contributed by atoms with Gasteiger partial charge in [-0.2, -0.15) is 5.26 Å². The SMILES string of the molecule is CCC(C#N)Cc1nc(-c2cccc(Br)c2)cs1. The Labute approximate surface area is 119 Å². The summed E-state index contributed by atoms with van der Waals surface area (Å²) < 4.78 is 1.05. The molecule has 0 saturated carbocycles. The molecule has 0 radical (unpaired) electrons. The smallest absolute Gasteiger partial charge is 0.0945 e. The van der Waals surface area contributed by atoms with Crippen LogP contribution in [0.25, 0.3) is 11.3 Å². The van der Waals surface area contributed by atoms with Gasteiger partial charge in [0.25, 0.3) is 0 Å². The first-order valence-corrected chi connectivity index (χ1v) is 7.50. The molecule has 0 bridgehead atoms. The standard InChI is InChI=1S/C14H13BrN2S/c1-2-10(8-16)6-14-17-13(9-18-14)11-4-3-5-12(15)7-11/h3-5,7,9-10H,2,6H2,1H3. The maximum Gasteiger partial charge on any atom is 0.0945 e. The third kappa shape index (κ3) is 3.18. The van der Waals surface area contributed by atoms with Gasteiger partial charge in [-0.1, -0.05) is 35.0 Å². The molecule has 0 aliphatic rings. The van der Waals surface area contributed by atoms with Crippen molar-refractivity contribution in [3.05, 3.63) is 39.1 Å². The summed E-state index contributed by atoms with van der Waals surface area (Å²) in [7, 11) is 0. The van der Waals surface area contributed by atoms with Crippen LogP contribution in [-0.2, 0) is 6.42 Å². The van der Waals surface area contributed by atoms with Crippen LogP contribution >= 0.6 is 27.3 Å². The average molecular weight is 321 g/mol. The molecule has 1 heterocycles. The number of aromatic nitrogens is 1. The number of thiazole rings is 1. The van der Waals surface area contributed by atoms with Gasteiger partial charge >= 0.3 is 0 Å². The highest BCUT2D eigenvalue weighted by molar-refractivity contribution is 9.10. The molecule has 4 heteroatoms. The molecule has 0 spiro atoms. The van der Waals surface area contributed by atoms with Gasteiger partial charge in [0.2, 0.25) is 0 Å². The van der Waals surface area contributed by atoms with E-state index in [1.54, 1.807) is 11.3 Å². The number of hydrogen-bond acceptors (Lipinski definition) is 3. The van der Waals surface area contributed by atoms with E-state index in [0.717, 1.165) is 33.6 Å². The van der Waals surface area contributed by atoms with Crippen molar-refractivity contribution in [2.24, 2.45) is 5.92 Å². The first-order valence-electron chi connectivity index (χ1n) is 5.83. The number of hydrogen-bond donors (Lipinski definition) is 0. The van der Waals surface area contributed by atoms with E-state index in [4.69, 9.17) is 5.26 Å². The highest BCUT2D eigenvalue weighted by atomic mass is 79.9. The quantitative estimate of drug-likeness (QED) is 0.821. The highest BCUT2D eigenvalue weighted by Gasteiger charge is 2.10. The second-order valence-corrected chi connectivity index (χ2v) is 5.93. The number of rotatable bonds is 4. The van der Waals surface area contributed by atoms with Crippen LogP contribution in [-0.4, -0.2) is 4.98 Å². The molecular formula is C14H13BrN2S. The minimum Gasteiger partial charge on any atom is -0.241 e. The number of benzene rings is 1.